The van der Waals surface area contributed by atoms with Crippen molar-refractivity contribution in [1.29, 1.82) is 0 Å². The third-order valence-electron chi connectivity index (χ3n) is 4.64. The van der Waals surface area contributed by atoms with Gasteiger partial charge in [0.2, 0.25) is 0 Å². The molecule has 0 aliphatic carbocycles. The molecule has 0 spiro atoms. The zero-order valence-electron chi connectivity index (χ0n) is 16.2. The predicted octanol–water partition coefficient (Wildman–Crippen LogP) is 7.00. The van der Waals surface area contributed by atoms with Crippen LogP contribution in [0.3, 0.4) is 0 Å². The molecule has 3 heteroatoms. The lowest BCUT2D eigenvalue weighted by Gasteiger charge is -2.11. The molecule has 4 aromatic rings. The Bertz CT molecular complexity index is 1110. The van der Waals surface area contributed by atoms with Gasteiger partial charge in [0.25, 0.3) is 0 Å². The molecular formula is C27H19F2N. The van der Waals surface area contributed by atoms with Crippen LogP contribution in [0.1, 0.15) is 22.3 Å². The average molecular weight is 395 g/mol. The molecule has 30 heavy (non-hydrogen) atoms. The van der Waals surface area contributed by atoms with Crippen molar-refractivity contribution >= 4 is 17.5 Å². The van der Waals surface area contributed by atoms with E-state index in [1.165, 1.54) is 24.3 Å². The maximum absolute atomic E-state index is 13.5. The van der Waals surface area contributed by atoms with Crippen LogP contribution in [0.15, 0.2) is 114 Å². The van der Waals surface area contributed by atoms with Gasteiger partial charge in [-0.2, -0.15) is 0 Å². The van der Waals surface area contributed by atoms with Crippen molar-refractivity contribution in [3.05, 3.63) is 143 Å². The van der Waals surface area contributed by atoms with E-state index in [4.69, 9.17) is 4.99 Å². The summed E-state index contributed by atoms with van der Waals surface area (Å²) in [6, 6.07) is 32.1. The predicted molar refractivity (Wildman–Crippen MR) is 119 cm³/mol. The lowest BCUT2D eigenvalue weighted by Crippen LogP contribution is -2.04. The molecule has 0 aliphatic heterocycles. The summed E-state index contributed by atoms with van der Waals surface area (Å²) in [5.41, 5.74) is 4.85. The summed E-state index contributed by atoms with van der Waals surface area (Å²) < 4.78 is 27.0. The summed E-state index contributed by atoms with van der Waals surface area (Å²) in [4.78, 5) is 4.97. The van der Waals surface area contributed by atoms with Gasteiger partial charge in [0.1, 0.15) is 11.6 Å². The van der Waals surface area contributed by atoms with Crippen LogP contribution >= 0.6 is 0 Å². The van der Waals surface area contributed by atoms with Crippen LogP contribution in [0, 0.1) is 11.6 Å². The summed E-state index contributed by atoms with van der Waals surface area (Å²) in [5, 5.41) is 0. The highest BCUT2D eigenvalue weighted by atomic mass is 19.1. The van der Waals surface area contributed by atoms with E-state index < -0.39 is 0 Å². The Kier molecular flexibility index (Phi) is 5.90. The first-order chi connectivity index (χ1) is 14.7. The maximum atomic E-state index is 13.5. The third-order valence-corrected chi connectivity index (χ3v) is 4.64. The Labute approximate surface area is 174 Å². The summed E-state index contributed by atoms with van der Waals surface area (Å²) in [5.74, 6) is -0.638. The van der Waals surface area contributed by atoms with Gasteiger partial charge in [0.15, 0.2) is 0 Å². The molecule has 0 unspecified atom stereocenters. The summed E-state index contributed by atoms with van der Waals surface area (Å²) in [7, 11) is 0. The minimum absolute atomic E-state index is 0.319. The molecule has 0 radical (unpaired) electrons. The van der Waals surface area contributed by atoms with Crippen LogP contribution in [0.4, 0.5) is 8.78 Å². The van der Waals surface area contributed by atoms with Crippen LogP contribution in [0.5, 0.6) is 0 Å². The molecule has 0 atom stereocenters. The molecule has 0 aliphatic rings. The fourth-order valence-corrected chi connectivity index (χ4v) is 3.13. The number of hydrogen-bond donors (Lipinski definition) is 0. The van der Waals surface area contributed by atoms with Gasteiger partial charge in [0.05, 0.1) is 11.4 Å². The molecule has 0 bridgehead atoms. The Morgan fingerprint density at radius 2 is 1.00 bits per heavy atom. The number of hydrogen-bond acceptors (Lipinski definition) is 1. The second-order valence-electron chi connectivity index (χ2n) is 6.78. The number of rotatable bonds is 5. The summed E-state index contributed by atoms with van der Waals surface area (Å²) in [6.45, 7) is 0. The van der Waals surface area contributed by atoms with Crippen molar-refractivity contribution in [2.45, 2.75) is 0 Å². The Morgan fingerprint density at radius 3 is 1.50 bits per heavy atom. The van der Waals surface area contributed by atoms with Gasteiger partial charge >= 0.3 is 0 Å². The number of halogens is 2. The van der Waals surface area contributed by atoms with Crippen molar-refractivity contribution < 1.29 is 8.78 Å². The van der Waals surface area contributed by atoms with E-state index in [0.717, 1.165) is 28.0 Å². The van der Waals surface area contributed by atoms with E-state index in [2.05, 4.69) is 0 Å². The number of nitrogens with zero attached hydrogens (tertiary/aromatic N) is 1. The molecule has 0 amide bonds. The van der Waals surface area contributed by atoms with Gasteiger partial charge in [-0.1, -0.05) is 60.7 Å². The monoisotopic (exact) mass is 395 g/mol. The van der Waals surface area contributed by atoms with E-state index in [0.29, 0.717) is 5.71 Å². The first-order valence-corrected chi connectivity index (χ1v) is 9.62. The van der Waals surface area contributed by atoms with Gasteiger partial charge in [-0.15, -0.1) is 0 Å². The third kappa shape index (κ3) is 4.76. The molecule has 0 aromatic heterocycles. The smallest absolute Gasteiger partial charge is 0.123 e. The zero-order chi connectivity index (χ0) is 20.8. The highest BCUT2D eigenvalue weighted by Gasteiger charge is 2.10. The molecule has 0 N–H and O–H groups in total. The van der Waals surface area contributed by atoms with Crippen molar-refractivity contribution in [2.75, 3.05) is 0 Å². The normalized spacial score (nSPS) is 11.2. The molecule has 4 aromatic carbocycles. The molecule has 0 saturated heterocycles. The van der Waals surface area contributed by atoms with Gasteiger partial charge in [-0.05, 0) is 60.2 Å². The molecule has 1 nitrogen and oxygen atoms in total. The van der Waals surface area contributed by atoms with Crippen LogP contribution < -0.4 is 0 Å². The SMILES string of the molecule is Fc1ccc(C(=N/C(=C/c2ccccc2)c2ccccc2)c2ccc(F)cc2)cc1. The minimum Gasteiger partial charge on any atom is -0.247 e. The van der Waals surface area contributed by atoms with Gasteiger partial charge in [-0.25, -0.2) is 13.8 Å². The van der Waals surface area contributed by atoms with Crippen molar-refractivity contribution in [3.63, 3.8) is 0 Å². The van der Waals surface area contributed by atoms with E-state index in [1.54, 1.807) is 24.3 Å². The first-order valence-electron chi connectivity index (χ1n) is 9.62. The number of aliphatic imine (C=N–C) groups is 1. The molecular weight excluding hydrogens is 376 g/mol. The molecule has 0 heterocycles. The fraction of sp³-hybridized carbons (Fsp3) is 0. The zero-order valence-corrected chi connectivity index (χ0v) is 16.2. The first kappa shape index (κ1) is 19.5. The lowest BCUT2D eigenvalue weighted by atomic mass is 10.0. The van der Waals surface area contributed by atoms with E-state index in [-0.39, 0.29) is 11.6 Å². The van der Waals surface area contributed by atoms with Crippen LogP contribution in [0.2, 0.25) is 0 Å². The van der Waals surface area contributed by atoms with E-state index >= 15 is 0 Å². The highest BCUT2D eigenvalue weighted by Crippen LogP contribution is 2.23. The van der Waals surface area contributed by atoms with Crippen LogP contribution in [-0.2, 0) is 0 Å². The van der Waals surface area contributed by atoms with Gasteiger partial charge in [-0.3, -0.25) is 0 Å². The Hall–Kier alpha value is -3.85. The van der Waals surface area contributed by atoms with Crippen molar-refractivity contribution in [3.8, 4) is 0 Å². The van der Waals surface area contributed by atoms with E-state index in [9.17, 15) is 8.78 Å². The highest BCUT2D eigenvalue weighted by molar-refractivity contribution is 6.15. The second kappa shape index (κ2) is 9.10. The van der Waals surface area contributed by atoms with E-state index in [1.807, 2.05) is 66.7 Å². The van der Waals surface area contributed by atoms with Crippen molar-refractivity contribution in [2.24, 2.45) is 4.99 Å². The second-order valence-corrected chi connectivity index (χ2v) is 6.78. The van der Waals surface area contributed by atoms with Gasteiger partial charge in [0, 0.05) is 16.7 Å². The summed E-state index contributed by atoms with van der Waals surface area (Å²) >= 11 is 0. The van der Waals surface area contributed by atoms with Crippen LogP contribution in [-0.4, -0.2) is 5.71 Å². The van der Waals surface area contributed by atoms with Crippen molar-refractivity contribution in [1.82, 2.24) is 0 Å². The Balaban J connectivity index is 1.91. The minimum atomic E-state index is -0.319. The standard InChI is InChI=1S/C27H19F2N/c28-24-15-11-22(12-16-24)27(23-13-17-25(29)18-14-23)30-26(21-9-5-2-6-10-21)19-20-7-3-1-4-8-20/h1-19H/b26-19+. The Morgan fingerprint density at radius 1 is 0.533 bits per heavy atom. The topological polar surface area (TPSA) is 12.4 Å². The molecule has 0 saturated carbocycles. The quantitative estimate of drug-likeness (QED) is 0.255. The molecule has 146 valence electrons. The average Bonchev–Trinajstić information content (AvgIpc) is 2.79. The summed E-state index contributed by atoms with van der Waals surface area (Å²) in [6.07, 6.45) is 2.00. The lowest BCUT2D eigenvalue weighted by molar-refractivity contribution is 0.627. The largest absolute Gasteiger partial charge is 0.247 e. The van der Waals surface area contributed by atoms with Gasteiger partial charge < -0.3 is 0 Å². The fourth-order valence-electron chi connectivity index (χ4n) is 3.13. The van der Waals surface area contributed by atoms with Crippen LogP contribution in [0.25, 0.3) is 11.8 Å². The molecule has 0 fully saturated rings. The molecule has 4 rings (SSSR count). The number of benzene rings is 4. The maximum Gasteiger partial charge on any atom is 0.123 e.